The number of aromatic nitrogens is 1. The van der Waals surface area contributed by atoms with Gasteiger partial charge in [-0.2, -0.15) is 0 Å². The summed E-state index contributed by atoms with van der Waals surface area (Å²) in [4.78, 5) is 30.5. The van der Waals surface area contributed by atoms with Crippen molar-refractivity contribution in [2.45, 2.75) is 32.5 Å². The monoisotopic (exact) mass is 420 g/mol. The summed E-state index contributed by atoms with van der Waals surface area (Å²) in [6.07, 6.45) is 5.81. The van der Waals surface area contributed by atoms with Crippen molar-refractivity contribution in [2.75, 3.05) is 13.1 Å². The second-order valence-corrected chi connectivity index (χ2v) is 7.86. The highest BCUT2D eigenvalue weighted by atomic mass is 16.5. The Morgan fingerprint density at radius 1 is 1.10 bits per heavy atom. The zero-order valence-corrected chi connectivity index (χ0v) is 17.8. The summed E-state index contributed by atoms with van der Waals surface area (Å²) in [5.74, 6) is -0.728. The van der Waals surface area contributed by atoms with Crippen molar-refractivity contribution in [3.63, 3.8) is 0 Å². The van der Waals surface area contributed by atoms with Crippen LogP contribution in [0.15, 0.2) is 54.6 Å². The van der Waals surface area contributed by atoms with Gasteiger partial charge in [-0.1, -0.05) is 24.3 Å². The van der Waals surface area contributed by atoms with Crippen LogP contribution in [-0.4, -0.2) is 52.0 Å². The quantitative estimate of drug-likeness (QED) is 0.276. The Balaban J connectivity index is 1.65. The summed E-state index contributed by atoms with van der Waals surface area (Å²) in [6, 6.07) is 13.9. The summed E-state index contributed by atoms with van der Waals surface area (Å²) < 4.78 is 0. The number of nitrogens with one attached hydrogen (secondary N) is 2. The molecule has 2 aromatic rings. The number of pyridine rings is 1. The van der Waals surface area contributed by atoms with Crippen LogP contribution >= 0.6 is 0 Å². The molecule has 1 aliphatic heterocycles. The lowest BCUT2D eigenvalue weighted by Gasteiger charge is -2.36. The van der Waals surface area contributed by atoms with Crippen LogP contribution in [0.1, 0.15) is 41.2 Å². The number of carbonyl (C=O) groups is 2. The maximum absolute atomic E-state index is 12.7. The molecule has 1 fully saturated rings. The Bertz CT molecular complexity index is 976. The molecule has 7 nitrogen and oxygen atoms in total. The number of piperazine rings is 1. The van der Waals surface area contributed by atoms with Gasteiger partial charge in [0.15, 0.2) is 5.78 Å². The van der Waals surface area contributed by atoms with Crippen LogP contribution < -0.4 is 10.8 Å². The van der Waals surface area contributed by atoms with Crippen molar-refractivity contribution < 1.29 is 14.8 Å². The number of benzene rings is 1. The Labute approximate surface area is 182 Å². The van der Waals surface area contributed by atoms with E-state index in [2.05, 4.69) is 35.1 Å². The number of ketones is 1. The third-order valence-electron chi connectivity index (χ3n) is 4.96. The highest BCUT2D eigenvalue weighted by molar-refractivity contribution is 6.06. The van der Waals surface area contributed by atoms with Crippen LogP contribution in [0.4, 0.5) is 0 Å². The van der Waals surface area contributed by atoms with E-state index < -0.39 is 5.91 Å². The summed E-state index contributed by atoms with van der Waals surface area (Å²) in [6.45, 7) is 7.16. The fourth-order valence-corrected chi connectivity index (χ4v) is 3.76. The smallest absolute Gasteiger partial charge is 0.267 e. The minimum atomic E-state index is -0.637. The second kappa shape index (κ2) is 10.8. The van der Waals surface area contributed by atoms with Crippen LogP contribution in [0, 0.1) is 0 Å². The van der Waals surface area contributed by atoms with Crippen molar-refractivity contribution in [1.29, 1.82) is 0 Å². The molecule has 0 bridgehead atoms. The van der Waals surface area contributed by atoms with Gasteiger partial charge in [0.25, 0.3) is 5.91 Å². The van der Waals surface area contributed by atoms with Crippen molar-refractivity contribution in [3.05, 3.63) is 77.1 Å². The van der Waals surface area contributed by atoms with Gasteiger partial charge in [0.2, 0.25) is 0 Å². The predicted octanol–water partition coefficient (Wildman–Crippen LogP) is 2.68. The van der Waals surface area contributed by atoms with Crippen LogP contribution in [0.2, 0.25) is 0 Å². The van der Waals surface area contributed by atoms with Gasteiger partial charge < -0.3 is 5.32 Å². The van der Waals surface area contributed by atoms with E-state index in [9.17, 15) is 9.59 Å². The predicted molar refractivity (Wildman–Crippen MR) is 120 cm³/mol. The van der Waals surface area contributed by atoms with Crippen molar-refractivity contribution in [3.8, 4) is 0 Å². The van der Waals surface area contributed by atoms with E-state index in [1.54, 1.807) is 24.3 Å². The van der Waals surface area contributed by atoms with Gasteiger partial charge in [-0.25, -0.2) is 10.5 Å². The lowest BCUT2D eigenvalue weighted by molar-refractivity contribution is -0.124. The standard InChI is InChI=1S/C24H28N4O3/c1-17-14-28(15-18(2)25-17)16-19-5-3-6-20(13-19)23(29)11-9-21-7-4-8-22(26-21)10-12-24(30)27-31/h3-13,17-18,25,31H,14-16H2,1-2H3,(H,27,30)/t17-,18+. The molecular weight excluding hydrogens is 392 g/mol. The third-order valence-corrected chi connectivity index (χ3v) is 4.96. The van der Waals surface area contributed by atoms with E-state index in [1.165, 1.54) is 23.7 Å². The number of nitrogens with zero attached hydrogens (tertiary/aromatic N) is 2. The Hall–Kier alpha value is -3.13. The van der Waals surface area contributed by atoms with Crippen molar-refractivity contribution in [2.24, 2.45) is 0 Å². The van der Waals surface area contributed by atoms with Crippen LogP contribution in [-0.2, 0) is 11.3 Å². The van der Waals surface area contributed by atoms with Crippen molar-refractivity contribution in [1.82, 2.24) is 20.7 Å². The van der Waals surface area contributed by atoms with Gasteiger partial charge in [0.05, 0.1) is 11.4 Å². The number of carbonyl (C=O) groups excluding carboxylic acids is 2. The molecule has 0 saturated carbocycles. The van der Waals surface area contributed by atoms with E-state index in [-0.39, 0.29) is 5.78 Å². The normalized spacial score (nSPS) is 19.7. The third kappa shape index (κ3) is 6.96. The van der Waals surface area contributed by atoms with E-state index >= 15 is 0 Å². The lowest BCUT2D eigenvalue weighted by Crippen LogP contribution is -2.53. The number of hydrogen-bond donors (Lipinski definition) is 3. The lowest BCUT2D eigenvalue weighted by atomic mass is 10.0. The molecule has 7 heteroatoms. The van der Waals surface area contributed by atoms with Crippen LogP contribution in [0.5, 0.6) is 0 Å². The molecule has 0 unspecified atom stereocenters. The average Bonchev–Trinajstić information content (AvgIpc) is 2.75. The highest BCUT2D eigenvalue weighted by Crippen LogP contribution is 2.13. The summed E-state index contributed by atoms with van der Waals surface area (Å²) in [5, 5.41) is 12.1. The molecule has 3 rings (SSSR count). The second-order valence-electron chi connectivity index (χ2n) is 7.86. The molecule has 2 heterocycles. The SMILES string of the molecule is C[C@@H]1CN(Cc2cccc(C(=O)C=Cc3cccc(C=CC(=O)NO)n3)c2)C[C@H](C)N1. The van der Waals surface area contributed by atoms with E-state index in [0.717, 1.165) is 25.2 Å². The molecule has 1 aromatic heterocycles. The first-order valence-corrected chi connectivity index (χ1v) is 10.3. The van der Waals surface area contributed by atoms with Gasteiger partial charge >= 0.3 is 0 Å². The van der Waals surface area contributed by atoms with Crippen molar-refractivity contribution >= 4 is 23.8 Å². The van der Waals surface area contributed by atoms with Gasteiger partial charge in [-0.3, -0.25) is 19.7 Å². The van der Waals surface area contributed by atoms with Gasteiger partial charge in [-0.15, -0.1) is 0 Å². The zero-order chi connectivity index (χ0) is 22.2. The van der Waals surface area contributed by atoms with E-state index in [4.69, 9.17) is 5.21 Å². The van der Waals surface area contributed by atoms with Crippen LogP contribution in [0.3, 0.4) is 0 Å². The molecule has 1 amide bonds. The first kappa shape index (κ1) is 22.6. The maximum Gasteiger partial charge on any atom is 0.267 e. The Kier molecular flexibility index (Phi) is 7.83. The fraction of sp³-hybridized carbons (Fsp3) is 0.292. The number of allylic oxidation sites excluding steroid dienone is 1. The molecule has 0 radical (unpaired) electrons. The minimum Gasteiger partial charge on any atom is -0.309 e. The molecule has 0 spiro atoms. The van der Waals surface area contributed by atoms with Gasteiger partial charge in [0, 0.05) is 43.4 Å². The summed E-state index contributed by atoms with van der Waals surface area (Å²) in [7, 11) is 0. The zero-order valence-electron chi connectivity index (χ0n) is 17.8. The van der Waals surface area contributed by atoms with Crippen LogP contribution in [0.25, 0.3) is 12.2 Å². The van der Waals surface area contributed by atoms with E-state index in [1.807, 2.05) is 18.2 Å². The molecule has 2 atom stereocenters. The molecule has 1 aromatic carbocycles. The maximum atomic E-state index is 12.7. The number of amides is 1. The Morgan fingerprint density at radius 3 is 2.42 bits per heavy atom. The largest absolute Gasteiger partial charge is 0.309 e. The van der Waals surface area contributed by atoms with Gasteiger partial charge in [0.1, 0.15) is 0 Å². The average molecular weight is 421 g/mol. The Morgan fingerprint density at radius 2 is 1.74 bits per heavy atom. The first-order valence-electron chi connectivity index (χ1n) is 10.3. The molecule has 31 heavy (non-hydrogen) atoms. The number of rotatable bonds is 7. The van der Waals surface area contributed by atoms with E-state index in [0.29, 0.717) is 29.0 Å². The molecular formula is C24H28N4O3. The molecule has 0 aliphatic carbocycles. The first-order chi connectivity index (χ1) is 14.9. The fourth-order valence-electron chi connectivity index (χ4n) is 3.76. The minimum absolute atomic E-state index is 0.0914. The molecule has 1 saturated heterocycles. The molecule has 1 aliphatic rings. The van der Waals surface area contributed by atoms with Gasteiger partial charge in [-0.05, 0) is 55.8 Å². The summed E-state index contributed by atoms with van der Waals surface area (Å²) in [5.41, 5.74) is 4.42. The number of hydroxylamine groups is 1. The number of hydrogen-bond acceptors (Lipinski definition) is 6. The summed E-state index contributed by atoms with van der Waals surface area (Å²) >= 11 is 0. The topological polar surface area (TPSA) is 94.6 Å². The highest BCUT2D eigenvalue weighted by Gasteiger charge is 2.20. The molecule has 3 N–H and O–H groups in total. The molecule has 162 valence electrons.